The van der Waals surface area contributed by atoms with Crippen molar-refractivity contribution in [3.8, 4) is 5.75 Å². The molecule has 0 fully saturated rings. The molecule has 1 aromatic rings. The zero-order valence-corrected chi connectivity index (χ0v) is 8.30. The van der Waals surface area contributed by atoms with Gasteiger partial charge in [-0.3, -0.25) is 0 Å². The number of aromatic hydroxyl groups is 1. The molecular formula is C9H14ClNO2. The van der Waals surface area contributed by atoms with E-state index in [4.69, 9.17) is 5.11 Å². The van der Waals surface area contributed by atoms with E-state index in [1.165, 1.54) is 5.56 Å². The van der Waals surface area contributed by atoms with Crippen LogP contribution in [0.3, 0.4) is 0 Å². The van der Waals surface area contributed by atoms with Gasteiger partial charge in [0.15, 0.2) is 0 Å². The van der Waals surface area contributed by atoms with Crippen LogP contribution in [0, 0.1) is 0 Å². The second kappa shape index (κ2) is 6.71. The molecule has 13 heavy (non-hydrogen) atoms. The largest absolute Gasteiger partial charge is 0.508 e. The smallest absolute Gasteiger partial charge is 0.115 e. The second-order valence-corrected chi connectivity index (χ2v) is 2.51. The predicted octanol–water partition coefficient (Wildman–Crippen LogP) is 1.51. The van der Waals surface area contributed by atoms with Crippen LogP contribution in [0.5, 0.6) is 5.75 Å². The summed E-state index contributed by atoms with van der Waals surface area (Å²) in [7, 11) is 1.59. The minimum Gasteiger partial charge on any atom is -0.508 e. The van der Waals surface area contributed by atoms with E-state index in [1.807, 2.05) is 12.1 Å². The Balaban J connectivity index is 0.00000144. The van der Waals surface area contributed by atoms with Crippen LogP contribution >= 0.6 is 12.4 Å². The fraction of sp³-hybridized carbons (Fsp3) is 0.333. The van der Waals surface area contributed by atoms with Crippen LogP contribution in [0.25, 0.3) is 0 Å². The molecule has 0 aliphatic rings. The summed E-state index contributed by atoms with van der Waals surface area (Å²) in [5.74, 6) is 0.304. The van der Waals surface area contributed by atoms with Gasteiger partial charge in [-0.1, -0.05) is 12.1 Å². The molecule has 74 valence electrons. The molecule has 4 heteroatoms. The molecule has 0 heterocycles. The van der Waals surface area contributed by atoms with Gasteiger partial charge in [0.1, 0.15) is 5.75 Å². The minimum atomic E-state index is 0. The average molecular weight is 204 g/mol. The van der Waals surface area contributed by atoms with Crippen LogP contribution in [-0.4, -0.2) is 18.8 Å². The Morgan fingerprint density at radius 1 is 1.31 bits per heavy atom. The van der Waals surface area contributed by atoms with E-state index in [-0.39, 0.29) is 12.4 Å². The van der Waals surface area contributed by atoms with Gasteiger partial charge in [-0.25, -0.2) is 5.48 Å². The van der Waals surface area contributed by atoms with Crippen LogP contribution in [0.1, 0.15) is 5.56 Å². The second-order valence-electron chi connectivity index (χ2n) is 2.51. The number of hydrogen-bond acceptors (Lipinski definition) is 3. The fourth-order valence-corrected chi connectivity index (χ4v) is 0.960. The lowest BCUT2D eigenvalue weighted by molar-refractivity contribution is 0.0928. The SMILES string of the molecule is CONCCc1ccc(O)cc1.Cl. The molecule has 1 aromatic carbocycles. The number of hydrogen-bond donors (Lipinski definition) is 2. The Morgan fingerprint density at radius 3 is 2.46 bits per heavy atom. The highest BCUT2D eigenvalue weighted by Gasteiger charge is 1.92. The highest BCUT2D eigenvalue weighted by atomic mass is 35.5. The number of benzene rings is 1. The van der Waals surface area contributed by atoms with E-state index in [0.717, 1.165) is 13.0 Å². The molecule has 0 aromatic heterocycles. The molecule has 0 bridgehead atoms. The molecular weight excluding hydrogens is 190 g/mol. The number of phenols is 1. The van der Waals surface area contributed by atoms with Crippen molar-refractivity contribution in [2.24, 2.45) is 0 Å². The lowest BCUT2D eigenvalue weighted by Crippen LogP contribution is -2.14. The number of hydroxylamine groups is 1. The molecule has 0 saturated carbocycles. The summed E-state index contributed by atoms with van der Waals surface area (Å²) >= 11 is 0. The van der Waals surface area contributed by atoms with E-state index in [1.54, 1.807) is 19.2 Å². The summed E-state index contributed by atoms with van der Waals surface area (Å²) in [6, 6.07) is 7.16. The third-order valence-corrected chi connectivity index (χ3v) is 1.60. The third kappa shape index (κ3) is 4.72. The molecule has 0 radical (unpaired) electrons. The van der Waals surface area contributed by atoms with Crippen molar-refractivity contribution >= 4 is 12.4 Å². The summed E-state index contributed by atoms with van der Waals surface area (Å²) in [5.41, 5.74) is 3.93. The van der Waals surface area contributed by atoms with E-state index >= 15 is 0 Å². The van der Waals surface area contributed by atoms with E-state index in [9.17, 15) is 0 Å². The van der Waals surface area contributed by atoms with Gasteiger partial charge >= 0.3 is 0 Å². The highest BCUT2D eigenvalue weighted by Crippen LogP contribution is 2.09. The number of nitrogens with one attached hydrogen (secondary N) is 1. The van der Waals surface area contributed by atoms with Crippen molar-refractivity contribution in [2.75, 3.05) is 13.7 Å². The van der Waals surface area contributed by atoms with Crippen molar-refractivity contribution < 1.29 is 9.94 Å². The summed E-state index contributed by atoms with van der Waals surface area (Å²) < 4.78 is 0. The van der Waals surface area contributed by atoms with E-state index in [2.05, 4.69) is 10.3 Å². The van der Waals surface area contributed by atoms with Crippen LogP contribution in [0.2, 0.25) is 0 Å². The lowest BCUT2D eigenvalue weighted by Gasteiger charge is -2.01. The van der Waals surface area contributed by atoms with Gasteiger partial charge in [0, 0.05) is 6.54 Å². The van der Waals surface area contributed by atoms with Gasteiger partial charge in [-0.15, -0.1) is 12.4 Å². The Hall–Kier alpha value is -0.770. The molecule has 0 aliphatic carbocycles. The standard InChI is InChI=1S/C9H13NO2.ClH/c1-12-10-7-6-8-2-4-9(11)5-3-8;/h2-5,10-11H,6-7H2,1H3;1H. The molecule has 3 nitrogen and oxygen atoms in total. The summed E-state index contributed by atoms with van der Waals surface area (Å²) in [4.78, 5) is 4.69. The molecule has 0 amide bonds. The maximum Gasteiger partial charge on any atom is 0.115 e. The lowest BCUT2D eigenvalue weighted by atomic mass is 10.1. The normalized spacial score (nSPS) is 9.31. The monoisotopic (exact) mass is 203 g/mol. The van der Waals surface area contributed by atoms with Crippen LogP contribution in [-0.2, 0) is 11.3 Å². The molecule has 1 rings (SSSR count). The predicted molar refractivity (Wildman–Crippen MR) is 54.1 cm³/mol. The first-order chi connectivity index (χ1) is 5.83. The first-order valence-corrected chi connectivity index (χ1v) is 3.86. The van der Waals surface area contributed by atoms with E-state index in [0.29, 0.717) is 5.75 Å². The topological polar surface area (TPSA) is 41.5 Å². The summed E-state index contributed by atoms with van der Waals surface area (Å²) in [6.45, 7) is 0.779. The average Bonchev–Trinajstić information content (AvgIpc) is 2.09. The molecule has 0 spiro atoms. The first-order valence-electron chi connectivity index (χ1n) is 3.86. The zero-order valence-electron chi connectivity index (χ0n) is 7.49. The molecule has 0 unspecified atom stereocenters. The molecule has 2 N–H and O–H groups in total. The van der Waals surface area contributed by atoms with Crippen molar-refractivity contribution in [3.63, 3.8) is 0 Å². The number of phenolic OH excluding ortho intramolecular Hbond substituents is 1. The van der Waals surface area contributed by atoms with Crippen molar-refractivity contribution in [1.82, 2.24) is 5.48 Å². The third-order valence-electron chi connectivity index (χ3n) is 1.60. The highest BCUT2D eigenvalue weighted by molar-refractivity contribution is 5.85. The van der Waals surface area contributed by atoms with Gasteiger partial charge in [0.05, 0.1) is 7.11 Å². The van der Waals surface area contributed by atoms with Gasteiger partial charge < -0.3 is 9.94 Å². The van der Waals surface area contributed by atoms with E-state index < -0.39 is 0 Å². The Kier molecular flexibility index (Phi) is 6.32. The summed E-state index contributed by atoms with van der Waals surface area (Å²) in [5, 5.41) is 8.99. The van der Waals surface area contributed by atoms with Crippen LogP contribution in [0.15, 0.2) is 24.3 Å². The van der Waals surface area contributed by atoms with Crippen molar-refractivity contribution in [3.05, 3.63) is 29.8 Å². The zero-order chi connectivity index (χ0) is 8.81. The molecule has 0 saturated heterocycles. The Labute approximate surface area is 84.1 Å². The Morgan fingerprint density at radius 2 is 1.92 bits per heavy atom. The van der Waals surface area contributed by atoms with Crippen molar-refractivity contribution in [2.45, 2.75) is 6.42 Å². The maximum absolute atomic E-state index is 8.99. The van der Waals surface area contributed by atoms with Gasteiger partial charge in [0.25, 0.3) is 0 Å². The molecule has 0 aliphatic heterocycles. The minimum absolute atomic E-state index is 0. The van der Waals surface area contributed by atoms with Crippen molar-refractivity contribution in [1.29, 1.82) is 0 Å². The number of halogens is 1. The van der Waals surface area contributed by atoms with Gasteiger partial charge in [-0.05, 0) is 24.1 Å². The maximum atomic E-state index is 8.99. The quantitative estimate of drug-likeness (QED) is 0.576. The van der Waals surface area contributed by atoms with Crippen LogP contribution < -0.4 is 5.48 Å². The molecule has 0 atom stereocenters. The van der Waals surface area contributed by atoms with Crippen LogP contribution in [0.4, 0.5) is 0 Å². The first kappa shape index (κ1) is 12.2. The Bertz CT molecular complexity index is 226. The fourth-order valence-electron chi connectivity index (χ4n) is 0.960. The van der Waals surface area contributed by atoms with Gasteiger partial charge in [-0.2, -0.15) is 0 Å². The summed E-state index contributed by atoms with van der Waals surface area (Å²) in [6.07, 6.45) is 0.897. The van der Waals surface area contributed by atoms with Gasteiger partial charge in [0.2, 0.25) is 0 Å². The number of rotatable bonds is 4.